The van der Waals surface area contributed by atoms with E-state index in [1.54, 1.807) is 0 Å². The number of carboxylic acids is 1. The lowest BCUT2D eigenvalue weighted by molar-refractivity contribution is -0.870. The van der Waals surface area contributed by atoms with E-state index in [9.17, 15) is 19.5 Å². The smallest absolute Gasteiger partial charge is 0.361 e. The van der Waals surface area contributed by atoms with Crippen molar-refractivity contribution >= 4 is 17.9 Å². The van der Waals surface area contributed by atoms with Crippen molar-refractivity contribution in [1.29, 1.82) is 0 Å². The molecule has 0 aromatic rings. The fraction of sp³-hybridized carbons (Fsp3) is 0.531. The Labute approximate surface area is 643 Å². The summed E-state index contributed by atoms with van der Waals surface area (Å²) in [4.78, 5) is 37.8. The maximum Gasteiger partial charge on any atom is 0.361 e. The van der Waals surface area contributed by atoms with Gasteiger partial charge >= 0.3 is 17.9 Å². The first-order valence-electron chi connectivity index (χ1n) is 40.8. The van der Waals surface area contributed by atoms with Crippen molar-refractivity contribution < 1.29 is 42.9 Å². The average molecular weight is 1440 g/mol. The van der Waals surface area contributed by atoms with Gasteiger partial charge < -0.3 is 28.5 Å². The van der Waals surface area contributed by atoms with Crippen molar-refractivity contribution in [1.82, 2.24) is 0 Å². The summed E-state index contributed by atoms with van der Waals surface area (Å²) in [6.07, 6.45) is 131. The number of esters is 2. The maximum absolute atomic E-state index is 13.0. The van der Waals surface area contributed by atoms with Crippen molar-refractivity contribution in [2.45, 2.75) is 283 Å². The molecular weight excluding hydrogens is 1300 g/mol. The zero-order valence-electron chi connectivity index (χ0n) is 66.8. The summed E-state index contributed by atoms with van der Waals surface area (Å²) in [5.41, 5.74) is 0. The van der Waals surface area contributed by atoms with Crippen LogP contribution in [0.5, 0.6) is 0 Å². The third kappa shape index (κ3) is 84.0. The molecule has 0 bridgehead atoms. The lowest BCUT2D eigenvalue weighted by atomic mass is 10.1. The third-order valence-electron chi connectivity index (χ3n) is 16.3. The van der Waals surface area contributed by atoms with E-state index in [-0.39, 0.29) is 38.6 Å². The minimum atomic E-state index is -1.53. The molecule has 0 rings (SSSR count). The predicted molar refractivity (Wildman–Crippen MR) is 455 cm³/mol. The highest BCUT2D eigenvalue weighted by Crippen LogP contribution is 2.15. The number of hydrogen-bond acceptors (Lipinski definition) is 7. The molecule has 0 aromatic carbocycles. The number of hydrogen-bond donors (Lipinski definition) is 1. The highest BCUT2D eigenvalue weighted by atomic mass is 16.7. The molecule has 584 valence electrons. The molecule has 105 heavy (non-hydrogen) atoms. The molecule has 2 unspecified atom stereocenters. The molecule has 0 aliphatic carbocycles. The molecule has 0 saturated carbocycles. The van der Waals surface area contributed by atoms with E-state index in [1.165, 1.54) is 44.9 Å². The summed E-state index contributed by atoms with van der Waals surface area (Å²) in [7, 11) is 5.96. The fourth-order valence-corrected chi connectivity index (χ4v) is 10.2. The molecule has 0 amide bonds. The largest absolute Gasteiger partial charge is 0.477 e. The van der Waals surface area contributed by atoms with Gasteiger partial charge in [0.1, 0.15) is 13.2 Å². The van der Waals surface area contributed by atoms with E-state index in [0.717, 1.165) is 193 Å². The number of likely N-dealkylation sites (N-methyl/N-ethyl adjacent to an activating group) is 1. The Morgan fingerprint density at radius 1 is 0.286 bits per heavy atom. The van der Waals surface area contributed by atoms with Gasteiger partial charge in [-0.1, -0.05) is 340 Å². The molecule has 9 nitrogen and oxygen atoms in total. The van der Waals surface area contributed by atoms with E-state index >= 15 is 0 Å². The van der Waals surface area contributed by atoms with Crippen LogP contribution in [0.15, 0.2) is 255 Å². The normalized spacial score (nSPS) is 14.0. The van der Waals surface area contributed by atoms with Crippen LogP contribution in [0.1, 0.15) is 271 Å². The van der Waals surface area contributed by atoms with Gasteiger partial charge in [-0.05, 0) is 173 Å². The first-order chi connectivity index (χ1) is 51.6. The summed E-state index contributed by atoms with van der Waals surface area (Å²) < 4.78 is 23.0. The van der Waals surface area contributed by atoms with E-state index in [4.69, 9.17) is 18.9 Å². The average Bonchev–Trinajstić information content (AvgIpc) is 1.18. The van der Waals surface area contributed by atoms with Crippen LogP contribution in [-0.2, 0) is 33.3 Å². The van der Waals surface area contributed by atoms with Crippen molar-refractivity contribution in [3.8, 4) is 0 Å². The van der Waals surface area contributed by atoms with E-state index in [1.807, 2.05) is 21.1 Å². The van der Waals surface area contributed by atoms with Crippen LogP contribution in [-0.4, -0.2) is 87.4 Å². The number of aliphatic carboxylic acids is 1. The molecule has 0 radical (unpaired) electrons. The van der Waals surface area contributed by atoms with Crippen LogP contribution in [0, 0.1) is 0 Å². The summed E-state index contributed by atoms with van der Waals surface area (Å²) in [5, 5.41) is 9.78. The van der Waals surface area contributed by atoms with Gasteiger partial charge in [0.15, 0.2) is 6.10 Å². The van der Waals surface area contributed by atoms with Gasteiger partial charge in [0.2, 0.25) is 0 Å². The molecular formula is C96H148NO8+. The molecule has 0 spiro atoms. The lowest BCUT2D eigenvalue weighted by Gasteiger charge is -2.25. The third-order valence-corrected chi connectivity index (χ3v) is 16.3. The molecule has 0 aliphatic rings. The lowest BCUT2D eigenvalue weighted by Crippen LogP contribution is -2.40. The Bertz CT molecular complexity index is 2690. The number of quaternary nitrogens is 1. The second kappa shape index (κ2) is 82.5. The molecule has 9 heteroatoms. The summed E-state index contributed by atoms with van der Waals surface area (Å²) in [5.74, 6) is -2.06. The van der Waals surface area contributed by atoms with Crippen LogP contribution in [0.2, 0.25) is 0 Å². The molecule has 0 saturated heterocycles. The van der Waals surface area contributed by atoms with Crippen molar-refractivity contribution in [2.75, 3.05) is 47.5 Å². The minimum Gasteiger partial charge on any atom is -0.477 e. The Morgan fingerprint density at radius 3 is 0.762 bits per heavy atom. The van der Waals surface area contributed by atoms with Gasteiger partial charge in [-0.15, -0.1) is 0 Å². The monoisotopic (exact) mass is 1440 g/mol. The Morgan fingerprint density at radius 2 is 0.514 bits per heavy atom. The second-order valence-electron chi connectivity index (χ2n) is 27.3. The number of carbonyl (C=O) groups is 3. The van der Waals surface area contributed by atoms with Crippen molar-refractivity contribution in [2.24, 2.45) is 0 Å². The zero-order valence-corrected chi connectivity index (χ0v) is 66.8. The number of unbranched alkanes of at least 4 members (excludes halogenated alkanes) is 15. The standard InChI is InChI=1S/C96H147NO8/c1-6-8-10-12-14-16-18-20-22-24-26-28-30-32-34-36-38-40-42-44-46-47-49-51-53-55-57-59-61-63-65-67-69-71-73-75-77-79-81-83-85-87-94(99)105-92(91-104-96(95(100)101)102-89-88-97(3,4)5)90-103-93(98)86-84-82-80-78-76-74-72-70-68-66-64-62-60-58-56-54-52-50-48-45-43-41-39-37-35-33-31-29-27-25-23-21-19-17-15-13-11-9-7-2/h8-11,14-17,20-23,26-29,32-35,38-41,44-46,48-49,51-52,54-55,57-58,60-61,63-64,66-67,69,92,96H,6-7,12-13,18-19,24-25,30-31,36-37,42-43,47,50,53,56,59,62,65,68,70-91H2,1-5H3/p+1/b10-8-,11-9-,16-14-,17-15-,22-20-,23-21-,28-26-,29-27-,34-32-,35-33-,40-38-,41-39-,46-44-,48-45-,51-49-,54-52-,57-55-,60-58-,63-61-,66-64-,69-67-. The van der Waals surface area contributed by atoms with E-state index in [0.29, 0.717) is 17.4 Å². The van der Waals surface area contributed by atoms with Gasteiger partial charge in [0.05, 0.1) is 34.4 Å². The number of carbonyl (C=O) groups excluding carboxylic acids is 2. The topological polar surface area (TPSA) is 108 Å². The SMILES string of the molecule is CC/C=C\C/C=C\C/C=C\C/C=C\C/C=C\C/C=C\C/C=C\C/C=C\C/C=C\C/C=C\C/C=C\CCCCCCCCCC(=O)OC(COC(=O)CCCCCCCCCC/C=C\C/C=C\C/C=C\C/C=C\C/C=C\C/C=C\C/C=C\C/C=C\C/C=C\C/C=C\CC)COC(OCC[N+](C)(C)C)C(=O)O. The number of nitrogens with zero attached hydrogens (tertiary/aromatic N) is 1. The number of carboxylic acid groups (broad SMARTS) is 1. The summed E-state index contributed by atoms with van der Waals surface area (Å²) in [6, 6.07) is 0. The number of rotatable bonds is 72. The molecule has 0 aliphatic heterocycles. The van der Waals surface area contributed by atoms with Gasteiger partial charge in [0.25, 0.3) is 6.29 Å². The Hall–Kier alpha value is -7.17. The van der Waals surface area contributed by atoms with Gasteiger partial charge in [0, 0.05) is 12.8 Å². The first kappa shape index (κ1) is 97.8. The highest BCUT2D eigenvalue weighted by molar-refractivity contribution is 5.71. The molecule has 1 N–H and O–H groups in total. The summed E-state index contributed by atoms with van der Waals surface area (Å²) >= 11 is 0. The van der Waals surface area contributed by atoms with Crippen LogP contribution in [0.4, 0.5) is 0 Å². The van der Waals surface area contributed by atoms with Crippen LogP contribution >= 0.6 is 0 Å². The van der Waals surface area contributed by atoms with Crippen LogP contribution in [0.3, 0.4) is 0 Å². The quantitative estimate of drug-likeness (QED) is 0.0211. The highest BCUT2D eigenvalue weighted by Gasteiger charge is 2.25. The zero-order chi connectivity index (χ0) is 76.0. The number of allylic oxidation sites excluding steroid dienone is 42. The molecule has 0 fully saturated rings. The van der Waals surface area contributed by atoms with Crippen LogP contribution < -0.4 is 0 Å². The van der Waals surface area contributed by atoms with Gasteiger partial charge in [-0.2, -0.15) is 0 Å². The Kier molecular flexibility index (Phi) is 76.9. The minimum absolute atomic E-state index is 0.170. The van der Waals surface area contributed by atoms with Crippen molar-refractivity contribution in [3.63, 3.8) is 0 Å². The van der Waals surface area contributed by atoms with E-state index in [2.05, 4.69) is 269 Å². The summed E-state index contributed by atoms with van der Waals surface area (Å²) in [6.45, 7) is 4.60. The molecule has 2 atom stereocenters. The van der Waals surface area contributed by atoms with Crippen LogP contribution in [0.25, 0.3) is 0 Å². The molecule has 0 heterocycles. The number of ether oxygens (including phenoxy) is 4. The first-order valence-corrected chi connectivity index (χ1v) is 40.8. The second-order valence-corrected chi connectivity index (χ2v) is 27.3. The molecule has 0 aromatic heterocycles. The van der Waals surface area contributed by atoms with Gasteiger partial charge in [-0.3, -0.25) is 9.59 Å². The van der Waals surface area contributed by atoms with Crippen molar-refractivity contribution in [3.05, 3.63) is 255 Å². The Balaban J connectivity index is 4.20. The predicted octanol–water partition coefficient (Wildman–Crippen LogP) is 26.9. The van der Waals surface area contributed by atoms with Gasteiger partial charge in [-0.25, -0.2) is 4.79 Å². The fourth-order valence-electron chi connectivity index (χ4n) is 10.2. The van der Waals surface area contributed by atoms with E-state index < -0.39 is 24.3 Å². The maximum atomic E-state index is 13.0.